The molecule has 27 heavy (non-hydrogen) atoms. The molecule has 0 radical (unpaired) electrons. The summed E-state index contributed by atoms with van der Waals surface area (Å²) in [4.78, 5) is 26.2. The standard InChI is InChI=1S/C22H33NO4/c1-6-15-27-20-10-8-7-9-19(20)11-12-21(24)23(14-13-17(2)3)16-18(4)22(25)26-5/h7-12,17-18H,6,13-16H2,1-5H3/b12-11+. The molecule has 0 saturated carbocycles. The highest BCUT2D eigenvalue weighted by Crippen LogP contribution is 2.20. The Morgan fingerprint density at radius 3 is 2.52 bits per heavy atom. The summed E-state index contributed by atoms with van der Waals surface area (Å²) in [6.07, 6.45) is 5.13. The van der Waals surface area contributed by atoms with Gasteiger partial charge >= 0.3 is 5.97 Å². The molecule has 0 bridgehead atoms. The number of amides is 1. The molecular formula is C22H33NO4. The summed E-state index contributed by atoms with van der Waals surface area (Å²) >= 11 is 0. The number of benzene rings is 1. The molecule has 0 aromatic heterocycles. The van der Waals surface area contributed by atoms with Crippen LogP contribution in [-0.2, 0) is 14.3 Å². The zero-order valence-corrected chi connectivity index (χ0v) is 17.2. The summed E-state index contributed by atoms with van der Waals surface area (Å²) in [7, 11) is 1.37. The molecule has 0 saturated heterocycles. The van der Waals surface area contributed by atoms with Crippen molar-refractivity contribution in [3.63, 3.8) is 0 Å². The van der Waals surface area contributed by atoms with Gasteiger partial charge in [-0.25, -0.2) is 0 Å². The van der Waals surface area contributed by atoms with E-state index in [1.54, 1.807) is 24.0 Å². The van der Waals surface area contributed by atoms with Crippen molar-refractivity contribution in [2.24, 2.45) is 11.8 Å². The molecule has 0 heterocycles. The molecule has 0 aliphatic rings. The second-order valence-electron chi connectivity index (χ2n) is 7.11. The zero-order valence-electron chi connectivity index (χ0n) is 17.2. The molecule has 1 aromatic carbocycles. The summed E-state index contributed by atoms with van der Waals surface area (Å²) in [6, 6.07) is 7.65. The van der Waals surface area contributed by atoms with Gasteiger partial charge in [-0.3, -0.25) is 9.59 Å². The second-order valence-corrected chi connectivity index (χ2v) is 7.11. The summed E-state index contributed by atoms with van der Waals surface area (Å²) < 4.78 is 10.5. The number of hydrogen-bond acceptors (Lipinski definition) is 4. The number of carbonyl (C=O) groups excluding carboxylic acids is 2. The number of hydrogen-bond donors (Lipinski definition) is 0. The van der Waals surface area contributed by atoms with Crippen molar-refractivity contribution in [3.05, 3.63) is 35.9 Å². The van der Waals surface area contributed by atoms with Crippen molar-refractivity contribution in [1.82, 2.24) is 4.90 Å². The third kappa shape index (κ3) is 8.29. The highest BCUT2D eigenvalue weighted by atomic mass is 16.5. The normalized spacial score (nSPS) is 12.2. The molecule has 1 aromatic rings. The molecule has 150 valence electrons. The maximum atomic E-state index is 12.7. The van der Waals surface area contributed by atoms with E-state index in [9.17, 15) is 9.59 Å². The molecule has 0 aliphatic carbocycles. The second kappa shape index (κ2) is 12.2. The van der Waals surface area contributed by atoms with Gasteiger partial charge < -0.3 is 14.4 Å². The van der Waals surface area contributed by atoms with Gasteiger partial charge in [-0.15, -0.1) is 0 Å². The Hall–Kier alpha value is -2.30. The Morgan fingerprint density at radius 1 is 1.19 bits per heavy atom. The number of methoxy groups -OCH3 is 1. The molecule has 0 N–H and O–H groups in total. The number of para-hydroxylation sites is 1. The van der Waals surface area contributed by atoms with Gasteiger partial charge in [0.1, 0.15) is 5.75 Å². The Bertz CT molecular complexity index is 624. The van der Waals surface area contributed by atoms with Crippen LogP contribution in [0.4, 0.5) is 0 Å². The molecule has 0 aliphatic heterocycles. The van der Waals surface area contributed by atoms with Crippen molar-refractivity contribution < 1.29 is 19.1 Å². The van der Waals surface area contributed by atoms with E-state index in [4.69, 9.17) is 9.47 Å². The van der Waals surface area contributed by atoms with Crippen LogP contribution < -0.4 is 4.74 Å². The van der Waals surface area contributed by atoms with Gasteiger partial charge in [-0.1, -0.05) is 45.9 Å². The van der Waals surface area contributed by atoms with Crippen molar-refractivity contribution >= 4 is 18.0 Å². The van der Waals surface area contributed by atoms with Crippen LogP contribution in [0.2, 0.25) is 0 Å². The Morgan fingerprint density at radius 2 is 1.89 bits per heavy atom. The van der Waals surface area contributed by atoms with Crippen LogP contribution in [-0.4, -0.2) is 43.6 Å². The minimum atomic E-state index is -0.361. The minimum absolute atomic E-state index is 0.114. The van der Waals surface area contributed by atoms with Gasteiger partial charge in [0.05, 0.1) is 19.6 Å². The molecule has 0 spiro atoms. The van der Waals surface area contributed by atoms with Crippen molar-refractivity contribution in [1.29, 1.82) is 0 Å². The number of rotatable bonds is 11. The molecule has 5 nitrogen and oxygen atoms in total. The highest BCUT2D eigenvalue weighted by Gasteiger charge is 2.20. The Balaban J connectivity index is 2.88. The first-order valence-corrected chi connectivity index (χ1v) is 9.65. The third-order valence-electron chi connectivity index (χ3n) is 4.17. The summed E-state index contributed by atoms with van der Waals surface area (Å²) in [5.74, 6) is 0.456. The fourth-order valence-electron chi connectivity index (χ4n) is 2.54. The number of esters is 1. The zero-order chi connectivity index (χ0) is 20.2. The molecule has 1 rings (SSSR count). The van der Waals surface area contributed by atoms with E-state index in [2.05, 4.69) is 20.8 Å². The maximum absolute atomic E-state index is 12.7. The van der Waals surface area contributed by atoms with Gasteiger partial charge in [-0.05, 0) is 30.9 Å². The van der Waals surface area contributed by atoms with Crippen LogP contribution in [0.25, 0.3) is 6.08 Å². The summed E-state index contributed by atoms with van der Waals surface area (Å²) in [5.41, 5.74) is 0.865. The quantitative estimate of drug-likeness (QED) is 0.430. The molecule has 5 heteroatoms. The van der Waals surface area contributed by atoms with E-state index in [1.165, 1.54) is 7.11 Å². The van der Waals surface area contributed by atoms with Gasteiger partial charge in [0.2, 0.25) is 5.91 Å². The van der Waals surface area contributed by atoms with Crippen LogP contribution in [0.5, 0.6) is 5.75 Å². The smallest absolute Gasteiger partial charge is 0.310 e. The lowest BCUT2D eigenvalue weighted by Crippen LogP contribution is -2.37. The molecule has 1 unspecified atom stereocenters. The summed E-state index contributed by atoms with van der Waals surface area (Å²) in [6.45, 7) is 9.64. The monoisotopic (exact) mass is 375 g/mol. The molecule has 1 amide bonds. The van der Waals surface area contributed by atoms with Gasteiger partial charge in [0, 0.05) is 24.7 Å². The fraction of sp³-hybridized carbons (Fsp3) is 0.545. The first-order chi connectivity index (χ1) is 12.9. The van der Waals surface area contributed by atoms with Crippen LogP contribution in [0.1, 0.15) is 46.1 Å². The maximum Gasteiger partial charge on any atom is 0.310 e. The van der Waals surface area contributed by atoms with Crippen molar-refractivity contribution in [2.45, 2.75) is 40.5 Å². The van der Waals surface area contributed by atoms with Gasteiger partial charge in [-0.2, -0.15) is 0 Å². The minimum Gasteiger partial charge on any atom is -0.493 e. The van der Waals surface area contributed by atoms with E-state index < -0.39 is 0 Å². The average Bonchev–Trinajstić information content (AvgIpc) is 2.67. The van der Waals surface area contributed by atoms with Crippen molar-refractivity contribution in [2.75, 3.05) is 26.8 Å². The molecule has 0 fully saturated rings. The lowest BCUT2D eigenvalue weighted by molar-refractivity contribution is -0.146. The summed E-state index contributed by atoms with van der Waals surface area (Å²) in [5, 5.41) is 0. The van der Waals surface area contributed by atoms with Crippen LogP contribution in [0, 0.1) is 11.8 Å². The highest BCUT2D eigenvalue weighted by molar-refractivity contribution is 5.92. The third-order valence-corrected chi connectivity index (χ3v) is 4.17. The number of carbonyl (C=O) groups is 2. The van der Waals surface area contributed by atoms with Crippen LogP contribution >= 0.6 is 0 Å². The van der Waals surface area contributed by atoms with E-state index in [-0.39, 0.29) is 17.8 Å². The molecular weight excluding hydrogens is 342 g/mol. The Labute approximate surface area is 163 Å². The number of nitrogens with zero attached hydrogens (tertiary/aromatic N) is 1. The van der Waals surface area contributed by atoms with Crippen molar-refractivity contribution in [3.8, 4) is 5.75 Å². The van der Waals surface area contributed by atoms with E-state index >= 15 is 0 Å². The average molecular weight is 376 g/mol. The van der Waals surface area contributed by atoms with E-state index in [0.717, 1.165) is 24.2 Å². The van der Waals surface area contributed by atoms with Gasteiger partial charge in [0.25, 0.3) is 0 Å². The topological polar surface area (TPSA) is 55.8 Å². The first-order valence-electron chi connectivity index (χ1n) is 9.65. The van der Waals surface area contributed by atoms with Crippen LogP contribution in [0.15, 0.2) is 30.3 Å². The Kier molecular flexibility index (Phi) is 10.2. The number of ether oxygens (including phenoxy) is 2. The van der Waals surface area contributed by atoms with E-state index in [0.29, 0.717) is 25.6 Å². The SMILES string of the molecule is CCCOc1ccccc1/C=C/C(=O)N(CCC(C)C)CC(C)C(=O)OC. The van der Waals surface area contributed by atoms with E-state index in [1.807, 2.05) is 24.3 Å². The van der Waals surface area contributed by atoms with Gasteiger partial charge in [0.15, 0.2) is 0 Å². The first kappa shape index (κ1) is 22.7. The predicted octanol–water partition coefficient (Wildman–Crippen LogP) is 4.17. The van der Waals surface area contributed by atoms with Crippen LogP contribution in [0.3, 0.4) is 0 Å². The lowest BCUT2D eigenvalue weighted by Gasteiger charge is -2.24. The molecule has 1 atom stereocenters. The predicted molar refractivity (Wildman–Crippen MR) is 108 cm³/mol. The largest absolute Gasteiger partial charge is 0.493 e. The fourth-order valence-corrected chi connectivity index (χ4v) is 2.54. The lowest BCUT2D eigenvalue weighted by atomic mass is 10.1.